The minimum absolute atomic E-state index is 0.0579. The predicted molar refractivity (Wildman–Crippen MR) is 334 cm³/mol. The summed E-state index contributed by atoms with van der Waals surface area (Å²) in [5.74, 6) is -16.4. The van der Waals surface area contributed by atoms with Gasteiger partial charge in [0, 0.05) is 43.3 Å². The van der Waals surface area contributed by atoms with Crippen LogP contribution in [0.2, 0.25) is 0 Å². The third-order valence-electron chi connectivity index (χ3n) is 14.8. The van der Waals surface area contributed by atoms with Gasteiger partial charge in [0.2, 0.25) is 70.9 Å². The van der Waals surface area contributed by atoms with Crippen LogP contribution in [0, 0.1) is 11.8 Å². The van der Waals surface area contributed by atoms with Gasteiger partial charge >= 0.3 is 5.97 Å². The molecule has 1 fully saturated rings. The number of nitrogens with two attached hydrogens (primary N) is 2. The van der Waals surface area contributed by atoms with Crippen molar-refractivity contribution in [3.8, 4) is 17.2 Å². The topological polar surface area (TPSA) is 504 Å². The number of benzene rings is 3. The first-order valence-corrected chi connectivity index (χ1v) is 30.8. The van der Waals surface area contributed by atoms with Gasteiger partial charge in [0.25, 0.3) is 0 Å². The number of rotatable bonds is 17. The van der Waals surface area contributed by atoms with E-state index in [-0.39, 0.29) is 53.7 Å². The number of carboxylic acid groups (broad SMARTS) is 1. The Morgan fingerprint density at radius 2 is 0.935 bits per heavy atom. The number of carboxylic acids is 1. The van der Waals surface area contributed by atoms with Gasteiger partial charge in [0.1, 0.15) is 77.7 Å². The fraction of sp³-hybridized carbons (Fsp3) is 0.443. The van der Waals surface area contributed by atoms with Gasteiger partial charge in [-0.05, 0) is 78.3 Å². The molecule has 31 nitrogen and oxygen atoms in total. The molecule has 3 aromatic carbocycles. The van der Waals surface area contributed by atoms with E-state index in [1.165, 1.54) is 92.2 Å². The third kappa shape index (κ3) is 24.1. The Bertz CT molecular complexity index is 3300. The fourth-order valence-electron chi connectivity index (χ4n) is 9.51. The number of amides is 12. The van der Waals surface area contributed by atoms with Crippen LogP contribution in [-0.4, -0.2) is 179 Å². The number of carbonyl (C=O) groups excluding carboxylic acids is 12. The molecule has 0 aliphatic carbocycles. The molecule has 0 radical (unpaired) electrons. The largest absolute Gasteiger partial charge is 0.508 e. The van der Waals surface area contributed by atoms with Gasteiger partial charge in [-0.25, -0.2) is 4.98 Å². The van der Waals surface area contributed by atoms with E-state index < -0.39 is 180 Å². The maximum Gasteiger partial charge on any atom is 0.305 e. The number of phenols is 3. The van der Waals surface area contributed by atoms with Crippen LogP contribution in [0.25, 0.3) is 0 Å². The molecule has 0 bridgehead atoms. The van der Waals surface area contributed by atoms with Gasteiger partial charge in [-0.2, -0.15) is 0 Å². The normalized spacial score (nSPS) is 23.8. The van der Waals surface area contributed by atoms with E-state index in [1.807, 2.05) is 0 Å². The summed E-state index contributed by atoms with van der Waals surface area (Å²) in [6, 6.07) is 0.129. The Hall–Kier alpha value is -10.3. The Labute approximate surface area is 538 Å². The van der Waals surface area contributed by atoms with E-state index in [1.54, 1.807) is 27.7 Å². The lowest BCUT2D eigenvalue weighted by Gasteiger charge is -2.29. The van der Waals surface area contributed by atoms with Gasteiger partial charge in [-0.1, -0.05) is 70.5 Å². The number of thioether (sulfide) groups is 1. The zero-order valence-corrected chi connectivity index (χ0v) is 52.5. The zero-order chi connectivity index (χ0) is 68.6. The number of hydrogen-bond acceptors (Lipinski definition) is 18. The van der Waals surface area contributed by atoms with Crippen molar-refractivity contribution in [2.24, 2.45) is 23.3 Å². The number of H-pyrrole nitrogens is 1. The molecule has 5 rings (SSSR count). The Balaban J connectivity index is 1.60. The fourth-order valence-corrected chi connectivity index (χ4v) is 10.4. The second-order valence-corrected chi connectivity index (χ2v) is 23.9. The van der Waals surface area contributed by atoms with Crippen LogP contribution in [0.1, 0.15) is 82.7 Å². The van der Waals surface area contributed by atoms with Crippen molar-refractivity contribution < 1.29 is 82.8 Å². The molecule has 32 heteroatoms. The van der Waals surface area contributed by atoms with Gasteiger partial charge in [0.05, 0.1) is 24.9 Å². The highest BCUT2D eigenvalue weighted by Crippen LogP contribution is 2.18. The summed E-state index contributed by atoms with van der Waals surface area (Å²) < 4.78 is 0. The summed E-state index contributed by atoms with van der Waals surface area (Å²) in [5, 5.41) is 65.4. The summed E-state index contributed by atoms with van der Waals surface area (Å²) in [7, 11) is 0. The molecular weight excluding hydrogens is 1230 g/mol. The second-order valence-electron chi connectivity index (χ2n) is 22.9. The Morgan fingerprint density at radius 1 is 0.527 bits per heavy atom. The van der Waals surface area contributed by atoms with E-state index >= 15 is 0 Å². The summed E-state index contributed by atoms with van der Waals surface area (Å²) in [4.78, 5) is 188. The van der Waals surface area contributed by atoms with Crippen LogP contribution in [0.15, 0.2) is 85.3 Å². The molecule has 1 aliphatic rings. The molecule has 1 aliphatic heterocycles. The standard InChI is InChI=1S/C61H80N14O17S/c1-6-31(4)51-61(92)66-32(5)53(84)68-40(19-30(2)3)54(85)69-43(22-35-11-17-39(78)18-12-35)56(87)73-46(25-50(81)82)59(90)70-42(21-34-9-15-38(77)16-10-34)55(86)71-44(23-36-26-64-29-65-36)57(88)72-45(24-48(62)79)58(89)74-47(52(63)83)27-93-28-49(80)67-41(60(91)75-51)20-33-7-13-37(76)14-8-33/h7-18,26,29-32,40-47,51,76-78H,6,19-25,27-28H2,1-5H3,(H2,62,79)(H2,63,83)(H,64,65)(H,66,92)(H,67,80)(H,68,84)(H,69,85)(H,70,90)(H,71,86)(H,72,88)(H,73,87)(H,74,89)(H,75,91)(H,81,82)/t31-,32-,40-,41-,42-,43-,44-,45-,46-,47-,51-/m0/s1. The molecule has 19 N–H and O–H groups in total. The van der Waals surface area contributed by atoms with Crippen molar-refractivity contribution in [1.82, 2.24) is 63.1 Å². The summed E-state index contributed by atoms with van der Waals surface area (Å²) >= 11 is 0.765. The van der Waals surface area contributed by atoms with Crippen molar-refractivity contribution >= 4 is 88.6 Å². The average molecular weight is 1310 g/mol. The summed E-state index contributed by atoms with van der Waals surface area (Å²) in [5.41, 5.74) is 12.5. The first-order valence-electron chi connectivity index (χ1n) is 29.7. The highest BCUT2D eigenvalue weighted by atomic mass is 32.2. The van der Waals surface area contributed by atoms with Crippen molar-refractivity contribution in [1.29, 1.82) is 0 Å². The number of carbonyl (C=O) groups is 13. The molecule has 4 aromatic rings. The lowest BCUT2D eigenvalue weighted by Crippen LogP contribution is -2.61. The van der Waals surface area contributed by atoms with Crippen molar-refractivity contribution in [3.63, 3.8) is 0 Å². The Morgan fingerprint density at radius 3 is 1.37 bits per heavy atom. The zero-order valence-electron chi connectivity index (χ0n) is 51.7. The van der Waals surface area contributed by atoms with Crippen molar-refractivity contribution in [3.05, 3.63) is 108 Å². The van der Waals surface area contributed by atoms with Crippen molar-refractivity contribution in [2.75, 3.05) is 11.5 Å². The molecule has 0 spiro atoms. The lowest BCUT2D eigenvalue weighted by molar-refractivity contribution is -0.141. The highest BCUT2D eigenvalue weighted by molar-refractivity contribution is 8.00. The smallest absolute Gasteiger partial charge is 0.305 e. The predicted octanol–water partition coefficient (Wildman–Crippen LogP) is -2.66. The van der Waals surface area contributed by atoms with Crippen LogP contribution in [0.4, 0.5) is 0 Å². The van der Waals surface area contributed by atoms with Gasteiger partial charge in [0.15, 0.2) is 0 Å². The van der Waals surface area contributed by atoms with Gasteiger partial charge in [-0.15, -0.1) is 11.8 Å². The molecule has 93 heavy (non-hydrogen) atoms. The number of aromatic hydroxyl groups is 3. The summed E-state index contributed by atoms with van der Waals surface area (Å²) in [6.45, 7) is 8.14. The molecule has 1 saturated heterocycles. The van der Waals surface area contributed by atoms with Crippen LogP contribution in [0.3, 0.4) is 0 Å². The first kappa shape index (κ1) is 73.5. The Kier molecular flexibility index (Phi) is 27.9. The van der Waals surface area contributed by atoms with Gasteiger partial charge < -0.3 is 90.0 Å². The van der Waals surface area contributed by atoms with Crippen LogP contribution in [0.5, 0.6) is 17.2 Å². The molecule has 11 atom stereocenters. The SMILES string of the molecule is CC[C@H](C)[C@@H]1NC(=O)[C@H](Cc2ccc(O)cc2)NC(=O)CSC[C@@H](C(N)=O)NC(=O)[C@H](CC(N)=O)NC(=O)[C@H](Cc2cnc[nH]2)NC(=O)[C@H](Cc2ccc(O)cc2)NC(=O)[C@H](CC(=O)O)NC(=O)[C@H](Cc2ccc(O)cc2)NC(=O)[C@H](CC(C)C)NC(=O)[C@H](C)NC1=O. The average Bonchev–Trinajstić information content (AvgIpc) is 1.48. The van der Waals surface area contributed by atoms with Crippen LogP contribution in [-0.2, 0) is 88.0 Å². The van der Waals surface area contributed by atoms with E-state index in [4.69, 9.17) is 11.5 Å². The number of hydrogen-bond donors (Lipinski definition) is 17. The van der Waals surface area contributed by atoms with Crippen LogP contribution >= 0.6 is 11.8 Å². The number of nitrogens with one attached hydrogen (secondary N) is 11. The monoisotopic (exact) mass is 1310 g/mol. The van der Waals surface area contributed by atoms with Crippen molar-refractivity contribution in [2.45, 2.75) is 146 Å². The molecule has 1 aromatic heterocycles. The number of aromatic nitrogens is 2. The van der Waals surface area contributed by atoms with E-state index in [2.05, 4.69) is 63.1 Å². The number of imidazole rings is 1. The minimum atomic E-state index is -2.02. The first-order chi connectivity index (χ1) is 44.0. The molecule has 12 amide bonds. The summed E-state index contributed by atoms with van der Waals surface area (Å²) in [6.07, 6.45) is -0.638. The van der Waals surface area contributed by atoms with Crippen LogP contribution < -0.4 is 64.6 Å². The molecule has 0 unspecified atom stereocenters. The van der Waals surface area contributed by atoms with E-state index in [0.29, 0.717) is 17.5 Å². The van der Waals surface area contributed by atoms with Gasteiger partial charge in [-0.3, -0.25) is 62.3 Å². The van der Waals surface area contributed by atoms with E-state index in [9.17, 15) is 82.8 Å². The maximum absolute atomic E-state index is 14.7. The number of primary amides is 2. The molecule has 0 saturated carbocycles. The maximum atomic E-state index is 14.7. The molecule has 2 heterocycles. The lowest BCUT2D eigenvalue weighted by atomic mass is 9.96. The number of aliphatic carboxylic acids is 1. The van der Waals surface area contributed by atoms with E-state index in [0.717, 1.165) is 11.8 Å². The third-order valence-corrected chi connectivity index (χ3v) is 15.8. The second kappa shape index (κ2) is 35.4. The molecular formula is C61H80N14O17S. The molecule has 502 valence electrons. The minimum Gasteiger partial charge on any atom is -0.508 e. The number of nitrogens with zero attached hydrogens (tertiary/aromatic N) is 1. The quantitative estimate of drug-likeness (QED) is 0.0513. The highest BCUT2D eigenvalue weighted by Gasteiger charge is 2.38. The number of phenolic OH excluding ortho intramolecular Hbond substituents is 3. The number of aromatic amines is 1.